The Morgan fingerprint density at radius 3 is 2.60 bits per heavy atom. The first kappa shape index (κ1) is 12.3. The van der Waals surface area contributed by atoms with Crippen molar-refractivity contribution in [2.45, 2.75) is 6.92 Å². The molecule has 0 atom stereocenters. The van der Waals surface area contributed by atoms with Crippen LogP contribution in [-0.2, 0) is 0 Å². The number of anilines is 1. The average molecular weight is 269 g/mol. The number of tetrazole rings is 1. The van der Waals surface area contributed by atoms with E-state index in [1.54, 1.807) is 17.7 Å². The van der Waals surface area contributed by atoms with Crippen molar-refractivity contribution in [3.05, 3.63) is 53.8 Å². The number of para-hydroxylation sites is 1. The highest BCUT2D eigenvalue weighted by molar-refractivity contribution is 5.65. The summed E-state index contributed by atoms with van der Waals surface area (Å²) in [5, 5.41) is 11.5. The lowest BCUT2D eigenvalue weighted by Gasteiger charge is -2.07. The van der Waals surface area contributed by atoms with E-state index < -0.39 is 0 Å². The third kappa shape index (κ3) is 2.01. The Morgan fingerprint density at radius 1 is 1.15 bits per heavy atom. The molecule has 0 unspecified atom stereocenters. The zero-order valence-electron chi connectivity index (χ0n) is 10.8. The summed E-state index contributed by atoms with van der Waals surface area (Å²) in [5.74, 6) is 0.0735. The second-order valence-electron chi connectivity index (χ2n) is 4.42. The number of halogens is 1. The Balaban J connectivity index is 2.15. The summed E-state index contributed by atoms with van der Waals surface area (Å²) in [6.07, 6.45) is 0. The molecule has 6 heteroatoms. The van der Waals surface area contributed by atoms with E-state index >= 15 is 0 Å². The van der Waals surface area contributed by atoms with Crippen LogP contribution in [0.2, 0.25) is 0 Å². The fourth-order valence-corrected chi connectivity index (χ4v) is 1.94. The first-order chi connectivity index (χ1) is 9.66. The number of nitrogen functional groups attached to an aromatic ring is 1. The maximum absolute atomic E-state index is 13.8. The Hall–Kier alpha value is -2.76. The molecule has 2 N–H and O–H groups in total. The largest absolute Gasteiger partial charge is 0.398 e. The number of benzene rings is 2. The van der Waals surface area contributed by atoms with Gasteiger partial charge in [-0.25, -0.2) is 4.39 Å². The minimum absolute atomic E-state index is 0.373. The lowest BCUT2D eigenvalue weighted by molar-refractivity contribution is 0.619. The Morgan fingerprint density at radius 2 is 1.90 bits per heavy atom. The molecule has 100 valence electrons. The van der Waals surface area contributed by atoms with E-state index in [1.165, 1.54) is 6.07 Å². The molecule has 3 aromatic rings. The van der Waals surface area contributed by atoms with Crippen molar-refractivity contribution in [2.75, 3.05) is 5.73 Å². The van der Waals surface area contributed by atoms with Crippen LogP contribution in [0.15, 0.2) is 42.5 Å². The Bertz CT molecular complexity index is 728. The first-order valence-corrected chi connectivity index (χ1v) is 6.06. The third-order valence-electron chi connectivity index (χ3n) is 3.11. The van der Waals surface area contributed by atoms with Gasteiger partial charge in [-0.2, -0.15) is 4.68 Å². The number of nitrogens with zero attached hydrogens (tertiary/aromatic N) is 4. The normalized spacial score (nSPS) is 10.7. The van der Waals surface area contributed by atoms with E-state index in [1.807, 2.05) is 30.3 Å². The molecule has 0 fully saturated rings. The summed E-state index contributed by atoms with van der Waals surface area (Å²) in [4.78, 5) is 0. The molecule has 3 rings (SSSR count). The standard InChI is InChI=1S/C14H12FN5/c1-9-12(15)7-10(8-13(9)16)14-17-18-19-20(14)11-5-3-2-4-6-11/h2-8H,16H2,1H3. The van der Waals surface area contributed by atoms with Crippen molar-refractivity contribution in [2.24, 2.45) is 0 Å². The van der Waals surface area contributed by atoms with Crippen molar-refractivity contribution in [3.63, 3.8) is 0 Å². The van der Waals surface area contributed by atoms with Crippen LogP contribution in [0.25, 0.3) is 17.1 Å². The highest BCUT2D eigenvalue weighted by atomic mass is 19.1. The van der Waals surface area contributed by atoms with Crippen LogP contribution in [0.4, 0.5) is 10.1 Å². The fraction of sp³-hybridized carbons (Fsp3) is 0.0714. The smallest absolute Gasteiger partial charge is 0.187 e. The maximum Gasteiger partial charge on any atom is 0.187 e. The second kappa shape index (κ2) is 4.73. The molecule has 20 heavy (non-hydrogen) atoms. The Labute approximate surface area is 114 Å². The van der Waals surface area contributed by atoms with Crippen molar-refractivity contribution in [3.8, 4) is 17.1 Å². The van der Waals surface area contributed by atoms with Gasteiger partial charge in [0.25, 0.3) is 0 Å². The van der Waals surface area contributed by atoms with Crippen molar-refractivity contribution < 1.29 is 4.39 Å². The van der Waals surface area contributed by atoms with Gasteiger partial charge in [0, 0.05) is 16.8 Å². The summed E-state index contributed by atoms with van der Waals surface area (Å²) in [6, 6.07) is 12.5. The van der Waals surface area contributed by atoms with E-state index in [0.29, 0.717) is 22.6 Å². The first-order valence-electron chi connectivity index (χ1n) is 6.06. The van der Waals surface area contributed by atoms with Gasteiger partial charge in [-0.15, -0.1) is 5.10 Å². The van der Waals surface area contributed by atoms with Crippen LogP contribution in [0.3, 0.4) is 0 Å². The van der Waals surface area contributed by atoms with Gasteiger partial charge in [0.05, 0.1) is 5.69 Å². The van der Waals surface area contributed by atoms with Crippen LogP contribution < -0.4 is 5.73 Å². The summed E-state index contributed by atoms with van der Waals surface area (Å²) in [7, 11) is 0. The topological polar surface area (TPSA) is 69.6 Å². The number of hydrogen-bond donors (Lipinski definition) is 1. The predicted octanol–water partition coefficient (Wildman–Crippen LogP) is 2.36. The summed E-state index contributed by atoms with van der Waals surface area (Å²) in [6.45, 7) is 1.63. The molecule has 1 heterocycles. The molecule has 1 aromatic heterocycles. The van der Waals surface area contributed by atoms with Crippen LogP contribution >= 0.6 is 0 Å². The van der Waals surface area contributed by atoms with Crippen LogP contribution in [0, 0.1) is 12.7 Å². The Kier molecular flexibility index (Phi) is 2.90. The van der Waals surface area contributed by atoms with Gasteiger partial charge in [0.2, 0.25) is 0 Å². The number of nitrogens with two attached hydrogens (primary N) is 1. The molecule has 0 spiro atoms. The van der Waals surface area contributed by atoms with E-state index in [0.717, 1.165) is 5.69 Å². The minimum atomic E-state index is -0.373. The predicted molar refractivity (Wildman–Crippen MR) is 73.7 cm³/mol. The van der Waals surface area contributed by atoms with Crippen molar-refractivity contribution >= 4 is 5.69 Å². The van der Waals surface area contributed by atoms with Crippen LogP contribution in [0.1, 0.15) is 5.56 Å². The quantitative estimate of drug-likeness (QED) is 0.725. The van der Waals surface area contributed by atoms with Gasteiger partial charge in [0.1, 0.15) is 5.82 Å². The van der Waals surface area contributed by atoms with Gasteiger partial charge in [0.15, 0.2) is 5.82 Å². The fourth-order valence-electron chi connectivity index (χ4n) is 1.94. The molecule has 0 saturated heterocycles. The molecule has 0 amide bonds. The molecule has 0 aliphatic heterocycles. The molecule has 0 saturated carbocycles. The zero-order valence-corrected chi connectivity index (χ0v) is 10.8. The molecule has 5 nitrogen and oxygen atoms in total. The SMILES string of the molecule is Cc1c(N)cc(-c2nnnn2-c2ccccc2)cc1F. The van der Waals surface area contributed by atoms with Gasteiger partial charge < -0.3 is 5.73 Å². The lowest BCUT2D eigenvalue weighted by atomic mass is 10.1. The zero-order chi connectivity index (χ0) is 14.1. The van der Waals surface area contributed by atoms with E-state index in [-0.39, 0.29) is 5.82 Å². The molecular formula is C14H12FN5. The van der Waals surface area contributed by atoms with Crippen molar-refractivity contribution in [1.29, 1.82) is 0 Å². The summed E-state index contributed by atoms with van der Waals surface area (Å²) < 4.78 is 15.4. The van der Waals surface area contributed by atoms with Gasteiger partial charge in [-0.05, 0) is 41.6 Å². The lowest BCUT2D eigenvalue weighted by Crippen LogP contribution is -2.01. The van der Waals surface area contributed by atoms with Gasteiger partial charge >= 0.3 is 0 Å². The third-order valence-corrected chi connectivity index (χ3v) is 3.11. The molecule has 2 aromatic carbocycles. The second-order valence-corrected chi connectivity index (χ2v) is 4.42. The number of aromatic nitrogens is 4. The maximum atomic E-state index is 13.8. The van der Waals surface area contributed by atoms with Gasteiger partial charge in [-0.1, -0.05) is 18.2 Å². The molecule has 0 aliphatic carbocycles. The minimum Gasteiger partial charge on any atom is -0.398 e. The van der Waals surface area contributed by atoms with Crippen LogP contribution in [0.5, 0.6) is 0 Å². The van der Waals surface area contributed by atoms with E-state index in [2.05, 4.69) is 15.5 Å². The van der Waals surface area contributed by atoms with E-state index in [9.17, 15) is 4.39 Å². The number of hydrogen-bond acceptors (Lipinski definition) is 4. The summed E-state index contributed by atoms with van der Waals surface area (Å²) in [5.41, 5.74) is 7.94. The highest BCUT2D eigenvalue weighted by Crippen LogP contribution is 2.25. The molecule has 0 bridgehead atoms. The molecular weight excluding hydrogens is 257 g/mol. The monoisotopic (exact) mass is 269 g/mol. The average Bonchev–Trinajstić information content (AvgIpc) is 2.94. The molecule has 0 radical (unpaired) electrons. The van der Waals surface area contributed by atoms with Gasteiger partial charge in [-0.3, -0.25) is 0 Å². The van der Waals surface area contributed by atoms with E-state index in [4.69, 9.17) is 5.73 Å². The van der Waals surface area contributed by atoms with Crippen LogP contribution in [-0.4, -0.2) is 20.2 Å². The van der Waals surface area contributed by atoms with Crippen molar-refractivity contribution in [1.82, 2.24) is 20.2 Å². The summed E-state index contributed by atoms with van der Waals surface area (Å²) >= 11 is 0. The highest BCUT2D eigenvalue weighted by Gasteiger charge is 2.13. The molecule has 0 aliphatic rings. The number of rotatable bonds is 2.